The molecule has 5 atom stereocenters. The molecule has 0 bridgehead atoms. The van der Waals surface area contributed by atoms with Gasteiger partial charge in [0.2, 0.25) is 0 Å². The van der Waals surface area contributed by atoms with E-state index in [9.17, 15) is 10.2 Å². The molecular formula is C9H18O5. The van der Waals surface area contributed by atoms with E-state index in [1.54, 1.807) is 6.92 Å². The largest absolute Gasteiger partial charge is 0.388 e. The number of rotatable bonds is 3. The Hall–Kier alpha value is -0.200. The highest BCUT2D eigenvalue weighted by atomic mass is 16.6. The third-order valence-electron chi connectivity index (χ3n) is 2.53. The average molecular weight is 206 g/mol. The van der Waals surface area contributed by atoms with Gasteiger partial charge in [-0.05, 0) is 6.92 Å². The van der Waals surface area contributed by atoms with E-state index in [0.717, 1.165) is 0 Å². The van der Waals surface area contributed by atoms with Crippen LogP contribution in [0.4, 0.5) is 0 Å². The number of hydrogen-bond acceptors (Lipinski definition) is 5. The Morgan fingerprint density at radius 2 is 1.86 bits per heavy atom. The van der Waals surface area contributed by atoms with Crippen molar-refractivity contribution in [3.8, 4) is 0 Å². The molecule has 84 valence electrons. The van der Waals surface area contributed by atoms with Gasteiger partial charge in [0.1, 0.15) is 24.4 Å². The predicted octanol–water partition coefficient (Wildman–Crippen LogP) is -0.843. The molecule has 0 aliphatic carbocycles. The van der Waals surface area contributed by atoms with E-state index in [1.165, 1.54) is 14.2 Å². The lowest BCUT2D eigenvalue weighted by atomic mass is 9.96. The maximum atomic E-state index is 9.76. The van der Waals surface area contributed by atoms with Crippen molar-refractivity contribution in [3.63, 3.8) is 0 Å². The van der Waals surface area contributed by atoms with Gasteiger partial charge in [-0.15, -0.1) is 0 Å². The van der Waals surface area contributed by atoms with Gasteiger partial charge < -0.3 is 24.4 Å². The third-order valence-corrected chi connectivity index (χ3v) is 2.53. The summed E-state index contributed by atoms with van der Waals surface area (Å²) in [6, 6.07) is 0. The Morgan fingerprint density at radius 1 is 1.21 bits per heavy atom. The van der Waals surface area contributed by atoms with Crippen LogP contribution in [0, 0.1) is 0 Å². The highest BCUT2D eigenvalue weighted by molar-refractivity contribution is 4.91. The van der Waals surface area contributed by atoms with Gasteiger partial charge in [-0.3, -0.25) is 0 Å². The number of methoxy groups -OCH3 is 2. The highest BCUT2D eigenvalue weighted by Crippen LogP contribution is 2.22. The molecule has 0 aromatic heterocycles. The standard InChI is InChI=1S/C9H18O5/c1-5-7(10)9(13-3)8(11)6(14-5)4-12-2/h5-11H,4H2,1-3H3/t5?,6-,7+,8-,9-/m0/s1. The average Bonchev–Trinajstić information content (AvgIpc) is 2.16. The minimum atomic E-state index is -0.855. The maximum absolute atomic E-state index is 9.76. The van der Waals surface area contributed by atoms with Gasteiger partial charge in [0.05, 0.1) is 12.7 Å². The fourth-order valence-electron chi connectivity index (χ4n) is 1.70. The number of ether oxygens (including phenoxy) is 3. The third kappa shape index (κ3) is 2.24. The Balaban J connectivity index is 2.65. The fourth-order valence-corrected chi connectivity index (χ4v) is 1.70. The summed E-state index contributed by atoms with van der Waals surface area (Å²) in [6.45, 7) is 2.03. The van der Waals surface area contributed by atoms with Crippen molar-refractivity contribution in [2.45, 2.75) is 37.4 Å². The van der Waals surface area contributed by atoms with Crippen LogP contribution in [0.3, 0.4) is 0 Å². The monoisotopic (exact) mass is 206 g/mol. The zero-order chi connectivity index (χ0) is 10.7. The van der Waals surface area contributed by atoms with Crippen molar-refractivity contribution in [1.29, 1.82) is 0 Å². The summed E-state index contributed by atoms with van der Waals surface area (Å²) in [7, 11) is 2.99. The molecule has 1 rings (SSSR count). The van der Waals surface area contributed by atoms with E-state index in [4.69, 9.17) is 14.2 Å². The van der Waals surface area contributed by atoms with E-state index in [1.807, 2.05) is 0 Å². The molecular weight excluding hydrogens is 188 g/mol. The summed E-state index contributed by atoms with van der Waals surface area (Å²) in [5.41, 5.74) is 0. The lowest BCUT2D eigenvalue weighted by molar-refractivity contribution is -0.232. The zero-order valence-electron chi connectivity index (χ0n) is 8.71. The second-order valence-corrected chi connectivity index (χ2v) is 3.52. The molecule has 1 fully saturated rings. The summed E-state index contributed by atoms with van der Waals surface area (Å²) in [6.07, 6.45) is -3.07. The smallest absolute Gasteiger partial charge is 0.114 e. The van der Waals surface area contributed by atoms with E-state index in [-0.39, 0.29) is 12.7 Å². The lowest BCUT2D eigenvalue weighted by Gasteiger charge is -2.40. The Kier molecular flexibility index (Phi) is 4.28. The summed E-state index contributed by atoms with van der Waals surface area (Å²) in [5.74, 6) is 0. The quantitative estimate of drug-likeness (QED) is 0.630. The van der Waals surface area contributed by atoms with Crippen LogP contribution >= 0.6 is 0 Å². The van der Waals surface area contributed by atoms with Gasteiger partial charge in [-0.1, -0.05) is 0 Å². The topological polar surface area (TPSA) is 68.2 Å². The normalized spacial score (nSPS) is 43.9. The van der Waals surface area contributed by atoms with E-state index < -0.39 is 24.4 Å². The van der Waals surface area contributed by atoms with Crippen LogP contribution < -0.4 is 0 Å². The maximum Gasteiger partial charge on any atom is 0.114 e. The van der Waals surface area contributed by atoms with E-state index >= 15 is 0 Å². The molecule has 0 aromatic rings. The van der Waals surface area contributed by atoms with Crippen LogP contribution in [0.1, 0.15) is 6.92 Å². The first-order valence-corrected chi connectivity index (χ1v) is 4.65. The Bertz CT molecular complexity index is 175. The van der Waals surface area contributed by atoms with Gasteiger partial charge in [0.15, 0.2) is 0 Å². The van der Waals surface area contributed by atoms with Crippen LogP contribution in [0.15, 0.2) is 0 Å². The molecule has 5 nitrogen and oxygen atoms in total. The number of aliphatic hydroxyl groups excluding tert-OH is 2. The minimum Gasteiger partial charge on any atom is -0.388 e. The first-order valence-electron chi connectivity index (χ1n) is 4.65. The molecule has 0 saturated carbocycles. The van der Waals surface area contributed by atoms with Crippen molar-refractivity contribution in [2.75, 3.05) is 20.8 Å². The van der Waals surface area contributed by atoms with Crippen LogP contribution in [-0.2, 0) is 14.2 Å². The zero-order valence-corrected chi connectivity index (χ0v) is 8.71. The van der Waals surface area contributed by atoms with Gasteiger partial charge in [0.25, 0.3) is 0 Å². The van der Waals surface area contributed by atoms with Gasteiger partial charge >= 0.3 is 0 Å². The molecule has 0 radical (unpaired) electrons. The molecule has 2 N–H and O–H groups in total. The van der Waals surface area contributed by atoms with Crippen molar-refractivity contribution < 1.29 is 24.4 Å². The predicted molar refractivity (Wildman–Crippen MR) is 49.0 cm³/mol. The lowest BCUT2D eigenvalue weighted by Crippen LogP contribution is -2.58. The van der Waals surface area contributed by atoms with Crippen molar-refractivity contribution in [1.82, 2.24) is 0 Å². The molecule has 14 heavy (non-hydrogen) atoms. The molecule has 0 amide bonds. The van der Waals surface area contributed by atoms with Crippen molar-refractivity contribution in [3.05, 3.63) is 0 Å². The van der Waals surface area contributed by atoms with Gasteiger partial charge in [-0.25, -0.2) is 0 Å². The number of hydrogen-bond donors (Lipinski definition) is 2. The summed E-state index contributed by atoms with van der Waals surface area (Å²) in [4.78, 5) is 0. The molecule has 1 heterocycles. The first-order chi connectivity index (χ1) is 6.61. The van der Waals surface area contributed by atoms with Crippen LogP contribution in [0.2, 0.25) is 0 Å². The van der Waals surface area contributed by atoms with E-state index in [0.29, 0.717) is 0 Å². The van der Waals surface area contributed by atoms with Crippen LogP contribution in [0.25, 0.3) is 0 Å². The molecule has 1 aliphatic rings. The minimum absolute atomic E-state index is 0.290. The Morgan fingerprint density at radius 3 is 2.36 bits per heavy atom. The van der Waals surface area contributed by atoms with E-state index in [2.05, 4.69) is 0 Å². The molecule has 1 unspecified atom stereocenters. The second-order valence-electron chi connectivity index (χ2n) is 3.52. The van der Waals surface area contributed by atoms with Gasteiger partial charge in [-0.2, -0.15) is 0 Å². The summed E-state index contributed by atoms with van der Waals surface area (Å²) >= 11 is 0. The first kappa shape index (κ1) is 11.9. The van der Waals surface area contributed by atoms with Crippen LogP contribution in [-0.4, -0.2) is 61.6 Å². The summed E-state index contributed by atoms with van der Waals surface area (Å²) in [5, 5.41) is 19.4. The highest BCUT2D eigenvalue weighted by Gasteiger charge is 2.42. The molecule has 1 aliphatic heterocycles. The Labute approximate surface area is 83.6 Å². The molecule has 5 heteroatoms. The SMILES string of the molecule is COC[C@@H]1OC(C)[C@@H](O)[C@H](OC)[C@H]1O. The second kappa shape index (κ2) is 5.04. The van der Waals surface area contributed by atoms with Crippen LogP contribution in [0.5, 0.6) is 0 Å². The van der Waals surface area contributed by atoms with Crippen molar-refractivity contribution >= 4 is 0 Å². The van der Waals surface area contributed by atoms with Gasteiger partial charge in [0, 0.05) is 14.2 Å². The molecule has 1 saturated heterocycles. The molecule has 0 aromatic carbocycles. The molecule has 0 spiro atoms. The summed E-state index contributed by atoms with van der Waals surface area (Å²) < 4.78 is 15.3. The van der Waals surface area contributed by atoms with Crippen molar-refractivity contribution in [2.24, 2.45) is 0 Å². The fraction of sp³-hybridized carbons (Fsp3) is 1.00. The number of aliphatic hydroxyl groups is 2.